The van der Waals surface area contributed by atoms with E-state index in [4.69, 9.17) is 15.7 Å². The Morgan fingerprint density at radius 3 is 2.90 bits per heavy atom. The quantitative estimate of drug-likeness (QED) is 0.449. The molecule has 1 saturated carbocycles. The fraction of sp³-hybridized carbons (Fsp3) is 0.520. The molecule has 6 nitrogen and oxygen atoms in total. The molecule has 1 atom stereocenters. The number of terminal acetylenes is 1. The van der Waals surface area contributed by atoms with Gasteiger partial charge in [0.15, 0.2) is 5.69 Å². The largest absolute Gasteiger partial charge is 0.377 e. The first kappa shape index (κ1) is 21.6. The topological polar surface area (TPSA) is 76.4 Å². The lowest BCUT2D eigenvalue weighted by molar-refractivity contribution is 0.0904. The molecule has 2 heterocycles. The number of carbonyl (C=O) groups is 1. The van der Waals surface area contributed by atoms with Gasteiger partial charge in [-0.3, -0.25) is 4.79 Å². The molecule has 2 N–H and O–H groups in total. The van der Waals surface area contributed by atoms with Gasteiger partial charge in [0.25, 0.3) is 5.91 Å². The van der Waals surface area contributed by atoms with E-state index in [1.807, 2.05) is 6.07 Å². The minimum absolute atomic E-state index is 0.0722. The van der Waals surface area contributed by atoms with Crippen molar-refractivity contribution in [1.29, 1.82) is 0 Å². The van der Waals surface area contributed by atoms with Crippen molar-refractivity contribution in [3.8, 4) is 12.3 Å². The lowest BCUT2D eigenvalue weighted by Gasteiger charge is -2.31. The molecule has 1 saturated heterocycles. The Balaban J connectivity index is 1.46. The molecule has 4 rings (SSSR count). The first-order valence-electron chi connectivity index (χ1n) is 11.3. The predicted octanol–water partition coefficient (Wildman–Crippen LogP) is 3.95. The average Bonchev–Trinajstić information content (AvgIpc) is 3.54. The second-order valence-electron chi connectivity index (χ2n) is 8.53. The van der Waals surface area contributed by atoms with Gasteiger partial charge in [-0.15, -0.1) is 12.3 Å². The molecule has 0 radical (unpaired) electrons. The highest BCUT2D eigenvalue weighted by molar-refractivity contribution is 5.92. The van der Waals surface area contributed by atoms with Crippen molar-refractivity contribution in [1.82, 2.24) is 15.8 Å². The van der Waals surface area contributed by atoms with Crippen molar-refractivity contribution in [2.24, 2.45) is 5.92 Å². The zero-order valence-electron chi connectivity index (χ0n) is 17.9. The third kappa shape index (κ3) is 5.96. The van der Waals surface area contributed by atoms with Gasteiger partial charge in [-0.25, -0.2) is 0 Å². The summed E-state index contributed by atoms with van der Waals surface area (Å²) in [6.45, 7) is 3.12. The predicted molar refractivity (Wildman–Crippen MR) is 118 cm³/mol. The molecular weight excluding hydrogens is 390 g/mol. The van der Waals surface area contributed by atoms with Crippen molar-refractivity contribution in [3.63, 3.8) is 0 Å². The molecule has 164 valence electrons. The lowest BCUT2D eigenvalue weighted by atomic mass is 9.85. The van der Waals surface area contributed by atoms with Crippen molar-refractivity contribution >= 4 is 5.91 Å². The van der Waals surface area contributed by atoms with Crippen LogP contribution in [0.5, 0.6) is 0 Å². The highest BCUT2D eigenvalue weighted by Gasteiger charge is 2.31. The van der Waals surface area contributed by atoms with Gasteiger partial charge in [-0.05, 0) is 62.2 Å². The van der Waals surface area contributed by atoms with Crippen LogP contribution >= 0.6 is 0 Å². The summed E-state index contributed by atoms with van der Waals surface area (Å²) >= 11 is 0. The van der Waals surface area contributed by atoms with Gasteiger partial charge in [0.1, 0.15) is 5.76 Å². The molecule has 1 amide bonds. The van der Waals surface area contributed by atoms with E-state index >= 15 is 0 Å². The first-order chi connectivity index (χ1) is 15.2. The minimum atomic E-state index is -0.171. The van der Waals surface area contributed by atoms with Crippen molar-refractivity contribution in [2.45, 2.75) is 57.1 Å². The SMILES string of the molecule is C#CCCCOCc1cccc(C(NC(=O)c2cc(C3CC3)on2)C2CCNCC2)c1. The number of amides is 1. The lowest BCUT2D eigenvalue weighted by Crippen LogP contribution is -2.39. The van der Waals surface area contributed by atoms with Gasteiger partial charge >= 0.3 is 0 Å². The number of benzene rings is 1. The molecule has 1 aliphatic heterocycles. The van der Waals surface area contributed by atoms with Crippen LogP contribution < -0.4 is 10.6 Å². The van der Waals surface area contributed by atoms with E-state index in [1.54, 1.807) is 6.07 Å². The third-order valence-corrected chi connectivity index (χ3v) is 6.07. The van der Waals surface area contributed by atoms with Crippen LogP contribution in [0.25, 0.3) is 0 Å². The van der Waals surface area contributed by atoms with Crippen LogP contribution in [0.3, 0.4) is 0 Å². The molecule has 0 spiro atoms. The number of rotatable bonds is 10. The molecule has 1 unspecified atom stereocenters. The number of piperidine rings is 1. The Morgan fingerprint density at radius 1 is 1.29 bits per heavy atom. The molecule has 1 aliphatic carbocycles. The number of nitrogens with zero attached hydrogens (tertiary/aromatic N) is 1. The molecule has 2 fully saturated rings. The van der Waals surface area contributed by atoms with Crippen LogP contribution in [0.2, 0.25) is 0 Å². The Bertz CT molecular complexity index is 907. The highest BCUT2D eigenvalue weighted by atomic mass is 16.5. The van der Waals surface area contributed by atoms with Gasteiger partial charge < -0.3 is 19.9 Å². The van der Waals surface area contributed by atoms with E-state index in [2.05, 4.69) is 39.9 Å². The highest BCUT2D eigenvalue weighted by Crippen LogP contribution is 2.40. The molecule has 31 heavy (non-hydrogen) atoms. The summed E-state index contributed by atoms with van der Waals surface area (Å²) in [5.74, 6) is 4.09. The summed E-state index contributed by atoms with van der Waals surface area (Å²) in [7, 11) is 0. The number of hydrogen-bond donors (Lipinski definition) is 2. The van der Waals surface area contributed by atoms with Gasteiger partial charge in [0.05, 0.1) is 12.6 Å². The smallest absolute Gasteiger partial charge is 0.273 e. The summed E-state index contributed by atoms with van der Waals surface area (Å²) in [6, 6.07) is 10.1. The number of unbranched alkanes of at least 4 members (excludes halogenated alkanes) is 1. The van der Waals surface area contributed by atoms with E-state index in [0.29, 0.717) is 30.7 Å². The average molecular weight is 422 g/mol. The van der Waals surface area contributed by atoms with Gasteiger partial charge in [0, 0.05) is 25.0 Å². The summed E-state index contributed by atoms with van der Waals surface area (Å²) in [5, 5.41) is 10.7. The fourth-order valence-electron chi connectivity index (χ4n) is 4.17. The zero-order chi connectivity index (χ0) is 21.5. The van der Waals surface area contributed by atoms with E-state index in [-0.39, 0.29) is 11.9 Å². The fourth-order valence-corrected chi connectivity index (χ4v) is 4.17. The third-order valence-electron chi connectivity index (χ3n) is 6.07. The van der Waals surface area contributed by atoms with Crippen LogP contribution in [-0.4, -0.2) is 30.8 Å². The van der Waals surface area contributed by atoms with Crippen LogP contribution in [-0.2, 0) is 11.3 Å². The molecular formula is C25H31N3O3. The minimum Gasteiger partial charge on any atom is -0.377 e. The van der Waals surface area contributed by atoms with Crippen molar-refractivity contribution < 1.29 is 14.1 Å². The van der Waals surface area contributed by atoms with E-state index < -0.39 is 0 Å². The maximum Gasteiger partial charge on any atom is 0.273 e. The molecule has 2 aliphatic rings. The van der Waals surface area contributed by atoms with Gasteiger partial charge in [0.2, 0.25) is 0 Å². The number of hydrogen-bond acceptors (Lipinski definition) is 5. The molecule has 1 aromatic heterocycles. The van der Waals surface area contributed by atoms with Crippen LogP contribution in [0.4, 0.5) is 0 Å². The Hall–Kier alpha value is -2.62. The summed E-state index contributed by atoms with van der Waals surface area (Å²) in [4.78, 5) is 13.0. The molecule has 0 bridgehead atoms. The summed E-state index contributed by atoms with van der Waals surface area (Å²) in [6.07, 6.45) is 11.2. The van der Waals surface area contributed by atoms with Crippen molar-refractivity contribution in [2.75, 3.05) is 19.7 Å². The van der Waals surface area contributed by atoms with Crippen molar-refractivity contribution in [3.05, 3.63) is 52.9 Å². The van der Waals surface area contributed by atoms with E-state index in [0.717, 1.165) is 68.5 Å². The summed E-state index contributed by atoms with van der Waals surface area (Å²) in [5.41, 5.74) is 2.58. The van der Waals surface area contributed by atoms with Crippen LogP contribution in [0, 0.1) is 18.3 Å². The number of ether oxygens (including phenoxy) is 1. The van der Waals surface area contributed by atoms with E-state index in [9.17, 15) is 4.79 Å². The Labute approximate surface area is 184 Å². The molecule has 1 aromatic carbocycles. The second-order valence-corrected chi connectivity index (χ2v) is 8.53. The Morgan fingerprint density at radius 2 is 2.13 bits per heavy atom. The Kier molecular flexibility index (Phi) is 7.39. The normalized spacial score (nSPS) is 17.8. The van der Waals surface area contributed by atoms with Gasteiger partial charge in [-0.1, -0.05) is 29.4 Å². The van der Waals surface area contributed by atoms with E-state index in [1.165, 1.54) is 0 Å². The standard InChI is InChI=1S/C25H31N3O3/c1-2-3-4-14-30-17-18-6-5-7-21(15-18)24(20-10-12-26-13-11-20)27-25(29)22-16-23(31-28-22)19-8-9-19/h1,5-7,15-16,19-20,24,26H,3-4,8-14,17H2,(H,27,29). The number of aromatic nitrogens is 1. The zero-order valence-corrected chi connectivity index (χ0v) is 17.9. The first-order valence-corrected chi connectivity index (χ1v) is 11.3. The maximum absolute atomic E-state index is 13.0. The molecule has 6 heteroatoms. The maximum atomic E-state index is 13.0. The van der Waals surface area contributed by atoms with Crippen LogP contribution in [0.1, 0.15) is 77.9 Å². The van der Waals surface area contributed by atoms with Crippen LogP contribution in [0.15, 0.2) is 34.9 Å². The number of carbonyl (C=O) groups excluding carboxylic acids is 1. The monoisotopic (exact) mass is 421 g/mol. The number of nitrogens with one attached hydrogen (secondary N) is 2. The van der Waals surface area contributed by atoms with Gasteiger partial charge in [-0.2, -0.15) is 0 Å². The summed E-state index contributed by atoms with van der Waals surface area (Å²) < 4.78 is 11.2. The second kappa shape index (κ2) is 10.6. The molecule has 2 aromatic rings.